The fraction of sp³-hybridized carbons (Fsp3) is 0.333. The van der Waals surface area contributed by atoms with Crippen LogP contribution in [0, 0.1) is 0 Å². The second kappa shape index (κ2) is 2.13. The Labute approximate surface area is 70.9 Å². The van der Waals surface area contributed by atoms with Crippen LogP contribution >= 0.6 is 27.3 Å². The van der Waals surface area contributed by atoms with Crippen molar-refractivity contribution >= 4 is 27.3 Å². The molecular formula is C6H5BrO2S. The van der Waals surface area contributed by atoms with Crippen LogP contribution in [0.3, 0.4) is 0 Å². The van der Waals surface area contributed by atoms with E-state index in [1.807, 2.05) is 12.3 Å². The largest absolute Gasteiger partial charge is 0.450 e. The summed E-state index contributed by atoms with van der Waals surface area (Å²) in [4.78, 5) is 0. The number of hydrogen-bond acceptors (Lipinski definition) is 3. The van der Waals surface area contributed by atoms with Gasteiger partial charge in [-0.25, -0.2) is 0 Å². The second-order valence-electron chi connectivity index (χ2n) is 2.01. The number of fused-ring (bicyclic) bond motifs is 1. The molecule has 10 heavy (non-hydrogen) atoms. The molecule has 0 fully saturated rings. The molecule has 1 aliphatic rings. The molecule has 2 rings (SSSR count). The van der Waals surface area contributed by atoms with Gasteiger partial charge in [-0.1, -0.05) is 0 Å². The van der Waals surface area contributed by atoms with Crippen LogP contribution in [0.4, 0.5) is 0 Å². The van der Waals surface area contributed by atoms with Crippen molar-refractivity contribution < 1.29 is 9.47 Å². The highest BCUT2D eigenvalue weighted by Crippen LogP contribution is 2.45. The number of halogens is 1. The molecule has 0 radical (unpaired) electrons. The van der Waals surface area contributed by atoms with Crippen LogP contribution in [0.5, 0.6) is 11.5 Å². The summed E-state index contributed by atoms with van der Waals surface area (Å²) in [5.41, 5.74) is 0. The minimum absolute atomic E-state index is 0.130. The lowest BCUT2D eigenvalue weighted by atomic mass is 10.6. The molecule has 0 amide bonds. The van der Waals surface area contributed by atoms with Crippen molar-refractivity contribution in [3.05, 3.63) is 9.17 Å². The van der Waals surface area contributed by atoms with E-state index in [2.05, 4.69) is 15.9 Å². The van der Waals surface area contributed by atoms with Crippen molar-refractivity contribution in [1.29, 1.82) is 0 Å². The van der Waals surface area contributed by atoms with Crippen LogP contribution in [0.1, 0.15) is 6.92 Å². The van der Waals surface area contributed by atoms with Crippen LogP contribution < -0.4 is 9.47 Å². The minimum Gasteiger partial charge on any atom is -0.450 e. The van der Waals surface area contributed by atoms with E-state index >= 15 is 0 Å². The summed E-state index contributed by atoms with van der Waals surface area (Å²) >= 11 is 4.93. The summed E-state index contributed by atoms with van der Waals surface area (Å²) in [5.74, 6) is 1.70. The molecule has 54 valence electrons. The molecule has 0 N–H and O–H groups in total. The van der Waals surface area contributed by atoms with Crippen molar-refractivity contribution in [2.24, 2.45) is 0 Å². The molecule has 4 heteroatoms. The van der Waals surface area contributed by atoms with E-state index < -0.39 is 0 Å². The molecule has 0 aliphatic carbocycles. The maximum Gasteiger partial charge on any atom is 0.238 e. The van der Waals surface area contributed by atoms with Gasteiger partial charge in [0, 0.05) is 12.3 Å². The molecule has 1 aromatic rings. The molecule has 0 saturated heterocycles. The maximum atomic E-state index is 5.32. The smallest absolute Gasteiger partial charge is 0.238 e. The molecule has 1 atom stereocenters. The number of hydrogen-bond donors (Lipinski definition) is 0. The van der Waals surface area contributed by atoms with Gasteiger partial charge >= 0.3 is 0 Å². The van der Waals surface area contributed by atoms with E-state index in [1.54, 1.807) is 11.3 Å². The Kier molecular flexibility index (Phi) is 1.38. The predicted octanol–water partition coefficient (Wildman–Crippen LogP) is 2.63. The molecular weight excluding hydrogens is 216 g/mol. The van der Waals surface area contributed by atoms with Gasteiger partial charge in [-0.15, -0.1) is 11.3 Å². The summed E-state index contributed by atoms with van der Waals surface area (Å²) < 4.78 is 11.6. The third kappa shape index (κ3) is 0.828. The summed E-state index contributed by atoms with van der Waals surface area (Å²) in [7, 11) is 0. The van der Waals surface area contributed by atoms with Crippen LogP contribution in [0.25, 0.3) is 0 Å². The fourth-order valence-corrected chi connectivity index (χ4v) is 2.06. The van der Waals surface area contributed by atoms with Crippen molar-refractivity contribution in [3.8, 4) is 11.5 Å². The Balaban J connectivity index is 2.44. The van der Waals surface area contributed by atoms with E-state index in [1.165, 1.54) is 0 Å². The summed E-state index contributed by atoms with van der Waals surface area (Å²) in [6, 6.07) is 0. The van der Waals surface area contributed by atoms with Crippen molar-refractivity contribution in [1.82, 2.24) is 0 Å². The lowest BCUT2D eigenvalue weighted by molar-refractivity contribution is 0.0674. The third-order valence-electron chi connectivity index (χ3n) is 1.25. The lowest BCUT2D eigenvalue weighted by Gasteiger charge is -2.01. The number of ether oxygens (including phenoxy) is 2. The lowest BCUT2D eigenvalue weighted by Crippen LogP contribution is -2.11. The molecule has 1 aliphatic heterocycles. The molecule has 1 unspecified atom stereocenters. The highest BCUT2D eigenvalue weighted by molar-refractivity contribution is 9.11. The first kappa shape index (κ1) is 6.49. The van der Waals surface area contributed by atoms with Gasteiger partial charge in [0.1, 0.15) is 3.79 Å². The Morgan fingerprint density at radius 3 is 3.10 bits per heavy atom. The van der Waals surface area contributed by atoms with E-state index in [-0.39, 0.29) is 6.29 Å². The average molecular weight is 221 g/mol. The summed E-state index contributed by atoms with van der Waals surface area (Å²) in [5, 5.41) is 1.93. The topological polar surface area (TPSA) is 18.5 Å². The molecule has 1 aromatic heterocycles. The van der Waals surface area contributed by atoms with Gasteiger partial charge in [0.2, 0.25) is 6.29 Å². The van der Waals surface area contributed by atoms with Crippen LogP contribution in [0.2, 0.25) is 0 Å². The summed E-state index contributed by atoms with van der Waals surface area (Å²) in [6.07, 6.45) is -0.130. The zero-order valence-electron chi connectivity index (χ0n) is 5.26. The van der Waals surface area contributed by atoms with Gasteiger partial charge in [-0.2, -0.15) is 0 Å². The van der Waals surface area contributed by atoms with Crippen LogP contribution in [0.15, 0.2) is 9.17 Å². The van der Waals surface area contributed by atoms with Crippen molar-refractivity contribution in [2.75, 3.05) is 0 Å². The third-order valence-corrected chi connectivity index (χ3v) is 2.89. The van der Waals surface area contributed by atoms with Crippen molar-refractivity contribution in [2.45, 2.75) is 13.2 Å². The van der Waals surface area contributed by atoms with Gasteiger partial charge in [0.15, 0.2) is 11.5 Å². The summed E-state index contributed by atoms with van der Waals surface area (Å²) in [6.45, 7) is 1.87. The minimum atomic E-state index is -0.130. The first-order valence-electron chi connectivity index (χ1n) is 2.87. The molecule has 0 spiro atoms. The zero-order chi connectivity index (χ0) is 7.14. The van der Waals surface area contributed by atoms with Gasteiger partial charge < -0.3 is 9.47 Å². The van der Waals surface area contributed by atoms with Gasteiger partial charge in [0.25, 0.3) is 0 Å². The maximum absolute atomic E-state index is 5.32. The highest BCUT2D eigenvalue weighted by Gasteiger charge is 2.23. The predicted molar refractivity (Wildman–Crippen MR) is 42.7 cm³/mol. The Morgan fingerprint density at radius 1 is 1.60 bits per heavy atom. The van der Waals surface area contributed by atoms with Gasteiger partial charge in [-0.3, -0.25) is 0 Å². The number of thiophene rings is 1. The van der Waals surface area contributed by atoms with Gasteiger partial charge in [0.05, 0.1) is 0 Å². The van der Waals surface area contributed by atoms with Crippen LogP contribution in [-0.4, -0.2) is 6.29 Å². The van der Waals surface area contributed by atoms with Gasteiger partial charge in [-0.05, 0) is 15.9 Å². The normalized spacial score (nSPS) is 21.6. The Bertz CT molecular complexity index is 258. The Morgan fingerprint density at radius 2 is 2.40 bits per heavy atom. The Hall–Kier alpha value is -0.220. The molecule has 0 aromatic carbocycles. The molecule has 2 heterocycles. The highest BCUT2D eigenvalue weighted by atomic mass is 79.9. The van der Waals surface area contributed by atoms with Crippen molar-refractivity contribution in [3.63, 3.8) is 0 Å². The second-order valence-corrected chi connectivity index (χ2v) is 4.20. The molecule has 0 saturated carbocycles. The zero-order valence-corrected chi connectivity index (χ0v) is 7.66. The van der Waals surface area contributed by atoms with Crippen LogP contribution in [-0.2, 0) is 0 Å². The molecule has 2 nitrogen and oxygen atoms in total. The standard InChI is InChI=1S/C6H5BrO2S/c1-3-8-4-2-10-6(7)5(4)9-3/h2-3H,1H3. The van der Waals surface area contributed by atoms with E-state index in [0.717, 1.165) is 15.3 Å². The monoisotopic (exact) mass is 220 g/mol. The first-order chi connectivity index (χ1) is 4.77. The number of rotatable bonds is 0. The first-order valence-corrected chi connectivity index (χ1v) is 4.55. The van der Waals surface area contributed by atoms with E-state index in [0.29, 0.717) is 0 Å². The van der Waals surface area contributed by atoms with E-state index in [9.17, 15) is 0 Å². The average Bonchev–Trinajstić information content (AvgIpc) is 2.35. The quantitative estimate of drug-likeness (QED) is 0.670. The SMILES string of the molecule is CC1Oc2csc(Br)c2O1. The molecule has 0 bridgehead atoms. The van der Waals surface area contributed by atoms with E-state index in [4.69, 9.17) is 9.47 Å². The fourth-order valence-electron chi connectivity index (χ4n) is 0.864.